The predicted octanol–water partition coefficient (Wildman–Crippen LogP) is 2.95. The van der Waals surface area contributed by atoms with Crippen molar-refractivity contribution in [2.24, 2.45) is 5.41 Å². The van der Waals surface area contributed by atoms with E-state index in [0.29, 0.717) is 5.41 Å². The number of aliphatic hydroxyl groups excluding tert-OH is 1. The summed E-state index contributed by atoms with van der Waals surface area (Å²) >= 11 is 0. The van der Waals surface area contributed by atoms with Gasteiger partial charge in [0, 0.05) is 19.6 Å². The highest BCUT2D eigenvalue weighted by Gasteiger charge is 2.42. The minimum atomic E-state index is 0.146. The number of likely N-dealkylation sites (tertiary alicyclic amines) is 1. The Morgan fingerprint density at radius 1 is 0.944 bits per heavy atom. The Kier molecular flexibility index (Phi) is 3.40. The second kappa shape index (κ2) is 5.02. The zero-order valence-electron chi connectivity index (χ0n) is 11.1. The summed E-state index contributed by atoms with van der Waals surface area (Å²) in [6.07, 6.45) is 7.24. The van der Waals surface area contributed by atoms with Gasteiger partial charge in [-0.3, -0.25) is 4.90 Å². The molecule has 2 fully saturated rings. The maximum Gasteiger partial charge on any atom is 0.0681 e. The molecule has 2 heteroatoms. The third kappa shape index (κ3) is 2.45. The lowest BCUT2D eigenvalue weighted by Crippen LogP contribution is -2.56. The fourth-order valence-corrected chi connectivity index (χ4v) is 3.64. The molecule has 0 atom stereocenters. The van der Waals surface area contributed by atoms with Crippen LogP contribution in [-0.2, 0) is 13.2 Å². The molecule has 1 N–H and O–H groups in total. The maximum atomic E-state index is 9.02. The summed E-state index contributed by atoms with van der Waals surface area (Å²) in [5, 5.41) is 9.02. The van der Waals surface area contributed by atoms with Gasteiger partial charge in [0.25, 0.3) is 0 Å². The normalized spacial score (nSPS) is 22.9. The first-order valence-electron chi connectivity index (χ1n) is 7.21. The molecule has 1 aliphatic carbocycles. The van der Waals surface area contributed by atoms with Gasteiger partial charge in [0.1, 0.15) is 0 Å². The predicted molar refractivity (Wildman–Crippen MR) is 73.2 cm³/mol. The van der Waals surface area contributed by atoms with Crippen LogP contribution >= 0.6 is 0 Å². The molecule has 0 radical (unpaired) electrons. The average Bonchev–Trinajstić information content (AvgIpc) is 2.39. The first-order valence-corrected chi connectivity index (χ1v) is 7.21. The van der Waals surface area contributed by atoms with Gasteiger partial charge in [0.2, 0.25) is 0 Å². The summed E-state index contributed by atoms with van der Waals surface area (Å²) < 4.78 is 0. The van der Waals surface area contributed by atoms with Gasteiger partial charge >= 0.3 is 0 Å². The average molecular weight is 245 g/mol. The van der Waals surface area contributed by atoms with Crippen LogP contribution in [0, 0.1) is 5.41 Å². The molecule has 0 amide bonds. The van der Waals surface area contributed by atoms with E-state index in [9.17, 15) is 0 Å². The smallest absolute Gasteiger partial charge is 0.0681 e. The molecule has 0 aromatic heterocycles. The summed E-state index contributed by atoms with van der Waals surface area (Å²) in [6, 6.07) is 8.37. The zero-order valence-corrected chi connectivity index (χ0v) is 11.1. The number of hydrogen-bond donors (Lipinski definition) is 1. The Morgan fingerprint density at radius 3 is 2.17 bits per heavy atom. The Hall–Kier alpha value is -0.860. The second-order valence-electron chi connectivity index (χ2n) is 6.18. The third-order valence-corrected chi connectivity index (χ3v) is 4.64. The van der Waals surface area contributed by atoms with E-state index in [4.69, 9.17) is 5.11 Å². The Balaban J connectivity index is 1.52. The number of benzene rings is 1. The van der Waals surface area contributed by atoms with Crippen LogP contribution in [0.5, 0.6) is 0 Å². The summed E-state index contributed by atoms with van der Waals surface area (Å²) in [7, 11) is 0. The molecule has 1 saturated carbocycles. The molecular weight excluding hydrogens is 222 g/mol. The van der Waals surface area contributed by atoms with Gasteiger partial charge in [-0.15, -0.1) is 0 Å². The van der Waals surface area contributed by atoms with Crippen molar-refractivity contribution in [1.29, 1.82) is 0 Å². The molecule has 18 heavy (non-hydrogen) atoms. The van der Waals surface area contributed by atoms with Crippen molar-refractivity contribution in [3.8, 4) is 0 Å². The van der Waals surface area contributed by atoms with Gasteiger partial charge in [0.15, 0.2) is 0 Å². The molecule has 1 heterocycles. The molecular formula is C16H23NO. The molecule has 3 rings (SSSR count). The Morgan fingerprint density at radius 2 is 1.56 bits per heavy atom. The van der Waals surface area contributed by atoms with Crippen LogP contribution in [-0.4, -0.2) is 23.1 Å². The molecule has 2 nitrogen and oxygen atoms in total. The number of rotatable bonds is 3. The van der Waals surface area contributed by atoms with E-state index < -0.39 is 0 Å². The Labute approximate surface area is 110 Å². The van der Waals surface area contributed by atoms with E-state index in [0.717, 1.165) is 12.1 Å². The van der Waals surface area contributed by atoms with Crippen LogP contribution in [0.3, 0.4) is 0 Å². The molecule has 2 aliphatic rings. The fourth-order valence-electron chi connectivity index (χ4n) is 3.64. The Bertz CT molecular complexity index is 384. The van der Waals surface area contributed by atoms with Crippen molar-refractivity contribution in [2.75, 3.05) is 13.1 Å². The van der Waals surface area contributed by atoms with Gasteiger partial charge in [-0.2, -0.15) is 0 Å². The molecule has 98 valence electrons. The van der Waals surface area contributed by atoms with Gasteiger partial charge in [0.05, 0.1) is 6.61 Å². The van der Waals surface area contributed by atoms with E-state index in [1.54, 1.807) is 0 Å². The molecule has 1 spiro atoms. The monoisotopic (exact) mass is 245 g/mol. The van der Waals surface area contributed by atoms with Crippen LogP contribution in [0.25, 0.3) is 0 Å². The zero-order chi connectivity index (χ0) is 12.4. The van der Waals surface area contributed by atoms with Crippen molar-refractivity contribution in [1.82, 2.24) is 4.90 Å². The van der Waals surface area contributed by atoms with Crippen LogP contribution < -0.4 is 0 Å². The summed E-state index contributed by atoms with van der Waals surface area (Å²) in [4.78, 5) is 2.57. The second-order valence-corrected chi connectivity index (χ2v) is 6.18. The molecule has 0 bridgehead atoms. The maximum absolute atomic E-state index is 9.02. The minimum absolute atomic E-state index is 0.146. The summed E-state index contributed by atoms with van der Waals surface area (Å²) in [6.45, 7) is 3.82. The van der Waals surface area contributed by atoms with Crippen LogP contribution in [0.2, 0.25) is 0 Å². The van der Waals surface area contributed by atoms with E-state index in [-0.39, 0.29) is 6.61 Å². The lowest BCUT2D eigenvalue weighted by atomic mass is 9.68. The largest absolute Gasteiger partial charge is 0.392 e. The fraction of sp³-hybridized carbons (Fsp3) is 0.625. The van der Waals surface area contributed by atoms with Crippen LogP contribution in [0.4, 0.5) is 0 Å². The van der Waals surface area contributed by atoms with Crippen molar-refractivity contribution in [2.45, 2.75) is 45.3 Å². The first-order chi connectivity index (χ1) is 8.80. The van der Waals surface area contributed by atoms with E-state index in [2.05, 4.69) is 17.0 Å². The molecule has 1 aromatic rings. The number of aliphatic hydroxyl groups is 1. The summed E-state index contributed by atoms with van der Waals surface area (Å²) in [5.74, 6) is 0. The quantitative estimate of drug-likeness (QED) is 0.885. The van der Waals surface area contributed by atoms with E-state index >= 15 is 0 Å². The highest BCUT2D eigenvalue weighted by Crippen LogP contribution is 2.44. The minimum Gasteiger partial charge on any atom is -0.392 e. The number of nitrogens with zero attached hydrogens (tertiary/aromatic N) is 1. The van der Waals surface area contributed by atoms with E-state index in [1.807, 2.05) is 12.1 Å². The molecule has 1 aromatic carbocycles. The van der Waals surface area contributed by atoms with Crippen molar-refractivity contribution in [3.05, 3.63) is 35.4 Å². The van der Waals surface area contributed by atoms with Crippen molar-refractivity contribution in [3.63, 3.8) is 0 Å². The topological polar surface area (TPSA) is 23.5 Å². The number of hydrogen-bond acceptors (Lipinski definition) is 2. The molecule has 1 saturated heterocycles. The first kappa shape index (κ1) is 12.2. The van der Waals surface area contributed by atoms with Crippen LogP contribution in [0.1, 0.15) is 43.2 Å². The highest BCUT2D eigenvalue weighted by atomic mass is 16.3. The van der Waals surface area contributed by atoms with E-state index in [1.165, 1.54) is 50.8 Å². The van der Waals surface area contributed by atoms with Gasteiger partial charge in [-0.25, -0.2) is 0 Å². The lowest BCUT2D eigenvalue weighted by Gasteiger charge is -2.52. The lowest BCUT2D eigenvalue weighted by molar-refractivity contribution is -0.0332. The van der Waals surface area contributed by atoms with Gasteiger partial charge < -0.3 is 5.11 Å². The molecule has 1 aliphatic heterocycles. The molecule has 0 unspecified atom stereocenters. The van der Waals surface area contributed by atoms with Crippen molar-refractivity contribution < 1.29 is 5.11 Å². The van der Waals surface area contributed by atoms with Gasteiger partial charge in [-0.1, -0.05) is 43.5 Å². The third-order valence-electron chi connectivity index (χ3n) is 4.64. The van der Waals surface area contributed by atoms with Crippen molar-refractivity contribution >= 4 is 0 Å². The van der Waals surface area contributed by atoms with Gasteiger partial charge in [-0.05, 0) is 29.4 Å². The standard InChI is InChI=1S/C16H23NO/c18-11-15-6-4-14(5-7-15)10-17-12-16(13-17)8-2-1-3-9-16/h4-7,18H,1-3,8-13H2. The summed E-state index contributed by atoms with van der Waals surface area (Å²) in [5.41, 5.74) is 3.06. The van der Waals surface area contributed by atoms with Crippen LogP contribution in [0.15, 0.2) is 24.3 Å². The SMILES string of the molecule is OCc1ccc(CN2CC3(CCCCC3)C2)cc1. The highest BCUT2D eigenvalue weighted by molar-refractivity contribution is 5.22.